The Labute approximate surface area is 199 Å². The predicted molar refractivity (Wildman–Crippen MR) is 126 cm³/mol. The first-order chi connectivity index (χ1) is 15.8. The van der Waals surface area contributed by atoms with Crippen LogP contribution in [0, 0.1) is 10.1 Å². The van der Waals surface area contributed by atoms with Crippen molar-refractivity contribution < 1.29 is 23.7 Å². The van der Waals surface area contributed by atoms with Crippen molar-refractivity contribution in [1.29, 1.82) is 0 Å². The van der Waals surface area contributed by atoms with Crippen LogP contribution in [0.15, 0.2) is 74.5 Å². The summed E-state index contributed by atoms with van der Waals surface area (Å²) in [4.78, 5) is 48.6. The zero-order valence-electron chi connectivity index (χ0n) is 16.7. The number of carbonyl (C=O) groups is 3. The van der Waals surface area contributed by atoms with Crippen LogP contribution in [-0.2, 0) is 9.59 Å². The minimum Gasteiger partial charge on any atom is -0.457 e. The number of imide groups is 1. The summed E-state index contributed by atoms with van der Waals surface area (Å²) >= 11 is 4.03. The number of anilines is 1. The average molecular weight is 528 g/mol. The molecule has 0 aliphatic carbocycles. The fraction of sp³-hybridized carbons (Fsp3) is 0.0455. The SMILES string of the molecule is O=C(CN1C(=O)S/C(=C/c2ccc(-c3ccc([N+](=O)[O-])cc3)o2)C1=O)Nc1ccccc1Br. The summed E-state index contributed by atoms with van der Waals surface area (Å²) in [5.41, 5.74) is 1.11. The maximum Gasteiger partial charge on any atom is 0.294 e. The first-order valence-electron chi connectivity index (χ1n) is 9.46. The number of carbonyl (C=O) groups excluding carboxylic acids is 3. The minimum absolute atomic E-state index is 0.0390. The third kappa shape index (κ3) is 5.04. The second kappa shape index (κ2) is 9.43. The Morgan fingerprint density at radius 2 is 1.85 bits per heavy atom. The van der Waals surface area contributed by atoms with Crippen LogP contribution in [0.5, 0.6) is 0 Å². The molecular formula is C22H14BrN3O6S. The van der Waals surface area contributed by atoms with Crippen molar-refractivity contribution in [2.75, 3.05) is 11.9 Å². The first kappa shape index (κ1) is 22.5. The predicted octanol–water partition coefficient (Wildman–Crippen LogP) is 5.29. The molecule has 1 aliphatic heterocycles. The molecule has 0 unspecified atom stereocenters. The number of non-ortho nitro benzene ring substituents is 1. The highest BCUT2D eigenvalue weighted by molar-refractivity contribution is 9.10. The molecule has 1 fully saturated rings. The first-order valence-corrected chi connectivity index (χ1v) is 11.1. The number of halogens is 1. The number of nitro groups is 1. The molecule has 2 heterocycles. The van der Waals surface area contributed by atoms with Gasteiger partial charge in [-0.05, 0) is 64.1 Å². The van der Waals surface area contributed by atoms with Gasteiger partial charge in [0.05, 0.1) is 15.5 Å². The second-order valence-electron chi connectivity index (χ2n) is 6.80. The molecule has 9 nitrogen and oxygen atoms in total. The number of hydrogen-bond donors (Lipinski definition) is 1. The molecule has 33 heavy (non-hydrogen) atoms. The summed E-state index contributed by atoms with van der Waals surface area (Å²) in [7, 11) is 0. The Morgan fingerprint density at radius 3 is 2.55 bits per heavy atom. The van der Waals surface area contributed by atoms with E-state index in [4.69, 9.17) is 4.42 Å². The highest BCUT2D eigenvalue weighted by Crippen LogP contribution is 2.33. The molecule has 3 aromatic rings. The van der Waals surface area contributed by atoms with Crippen molar-refractivity contribution in [2.45, 2.75) is 0 Å². The van der Waals surface area contributed by atoms with Crippen LogP contribution < -0.4 is 5.32 Å². The molecule has 0 radical (unpaired) electrons. The average Bonchev–Trinajstić information content (AvgIpc) is 3.36. The highest BCUT2D eigenvalue weighted by atomic mass is 79.9. The van der Waals surface area contributed by atoms with Crippen LogP contribution in [0.4, 0.5) is 16.2 Å². The van der Waals surface area contributed by atoms with Crippen molar-refractivity contribution in [1.82, 2.24) is 4.90 Å². The maximum atomic E-state index is 12.7. The van der Waals surface area contributed by atoms with E-state index in [0.29, 0.717) is 39.0 Å². The van der Waals surface area contributed by atoms with Gasteiger partial charge in [-0.1, -0.05) is 12.1 Å². The summed E-state index contributed by atoms with van der Waals surface area (Å²) in [5.74, 6) is -0.334. The van der Waals surface area contributed by atoms with Gasteiger partial charge in [0.1, 0.15) is 18.1 Å². The fourth-order valence-electron chi connectivity index (χ4n) is 2.99. The zero-order chi connectivity index (χ0) is 23.5. The molecule has 166 valence electrons. The maximum absolute atomic E-state index is 12.7. The van der Waals surface area contributed by atoms with Crippen molar-refractivity contribution in [3.8, 4) is 11.3 Å². The molecule has 3 amide bonds. The van der Waals surface area contributed by atoms with Gasteiger partial charge in [-0.2, -0.15) is 0 Å². The summed E-state index contributed by atoms with van der Waals surface area (Å²) in [5, 5.41) is 12.9. The van der Waals surface area contributed by atoms with Crippen LogP contribution in [0.2, 0.25) is 0 Å². The topological polar surface area (TPSA) is 123 Å². The van der Waals surface area contributed by atoms with Crippen molar-refractivity contribution in [3.63, 3.8) is 0 Å². The van der Waals surface area contributed by atoms with Gasteiger partial charge >= 0.3 is 0 Å². The Hall–Kier alpha value is -3.70. The van der Waals surface area contributed by atoms with E-state index in [2.05, 4.69) is 21.2 Å². The molecule has 1 aliphatic rings. The number of nitro benzene ring substituents is 1. The van der Waals surface area contributed by atoms with Crippen LogP contribution in [0.3, 0.4) is 0 Å². The van der Waals surface area contributed by atoms with Gasteiger partial charge in [-0.3, -0.25) is 29.4 Å². The standard InChI is InChI=1S/C22H14BrN3O6S/c23-16-3-1-2-4-17(16)24-20(27)12-25-21(28)19(33-22(25)29)11-15-9-10-18(32-15)13-5-7-14(8-6-13)26(30)31/h1-11H,12H2,(H,24,27)/b19-11+. The van der Waals surface area contributed by atoms with Gasteiger partial charge in [0.15, 0.2) is 0 Å². The molecule has 1 aromatic heterocycles. The Kier molecular flexibility index (Phi) is 6.43. The van der Waals surface area contributed by atoms with E-state index >= 15 is 0 Å². The summed E-state index contributed by atoms with van der Waals surface area (Å²) < 4.78 is 6.37. The number of para-hydroxylation sites is 1. The molecule has 11 heteroatoms. The molecule has 0 atom stereocenters. The molecule has 1 N–H and O–H groups in total. The van der Waals surface area contributed by atoms with Gasteiger partial charge in [0.2, 0.25) is 5.91 Å². The second-order valence-corrected chi connectivity index (χ2v) is 8.65. The highest BCUT2D eigenvalue weighted by Gasteiger charge is 2.36. The number of thioether (sulfide) groups is 1. The number of rotatable bonds is 6. The third-order valence-corrected chi connectivity index (χ3v) is 6.18. The van der Waals surface area contributed by atoms with E-state index in [1.165, 1.54) is 18.2 Å². The molecule has 0 saturated carbocycles. The largest absolute Gasteiger partial charge is 0.457 e. The quantitative estimate of drug-likeness (QED) is 0.262. The van der Waals surface area contributed by atoms with Gasteiger partial charge in [-0.25, -0.2) is 0 Å². The van der Waals surface area contributed by atoms with E-state index < -0.39 is 28.5 Å². The lowest BCUT2D eigenvalue weighted by Gasteiger charge is -2.13. The molecule has 0 spiro atoms. The summed E-state index contributed by atoms with van der Waals surface area (Å²) in [6.07, 6.45) is 1.42. The van der Waals surface area contributed by atoms with E-state index in [1.807, 2.05) is 0 Å². The van der Waals surface area contributed by atoms with Crippen LogP contribution in [0.1, 0.15) is 5.76 Å². The normalized spacial score (nSPS) is 14.7. The number of nitrogens with one attached hydrogen (secondary N) is 1. The molecule has 1 saturated heterocycles. The van der Waals surface area contributed by atoms with Crippen LogP contribution >= 0.6 is 27.7 Å². The number of furan rings is 1. The van der Waals surface area contributed by atoms with E-state index in [1.54, 1.807) is 48.5 Å². The van der Waals surface area contributed by atoms with E-state index in [9.17, 15) is 24.5 Å². The minimum atomic E-state index is -0.597. The van der Waals surface area contributed by atoms with Gasteiger partial charge in [0, 0.05) is 28.2 Å². The fourth-order valence-corrected chi connectivity index (χ4v) is 4.20. The molecule has 4 rings (SSSR count). The Bertz CT molecular complexity index is 1300. The Morgan fingerprint density at radius 1 is 1.12 bits per heavy atom. The van der Waals surface area contributed by atoms with E-state index in [0.717, 1.165) is 4.90 Å². The number of amides is 3. The van der Waals surface area contributed by atoms with Crippen molar-refractivity contribution >= 4 is 62.2 Å². The lowest BCUT2D eigenvalue weighted by atomic mass is 10.1. The van der Waals surface area contributed by atoms with E-state index in [-0.39, 0.29) is 10.6 Å². The van der Waals surface area contributed by atoms with Crippen LogP contribution in [0.25, 0.3) is 17.4 Å². The smallest absolute Gasteiger partial charge is 0.294 e. The van der Waals surface area contributed by atoms with Gasteiger partial charge < -0.3 is 9.73 Å². The number of benzene rings is 2. The molecular weight excluding hydrogens is 514 g/mol. The summed E-state index contributed by atoms with van der Waals surface area (Å²) in [6.45, 7) is -0.421. The lowest BCUT2D eigenvalue weighted by molar-refractivity contribution is -0.384. The van der Waals surface area contributed by atoms with Crippen molar-refractivity contribution in [3.05, 3.63) is 85.9 Å². The molecule has 0 bridgehead atoms. The van der Waals surface area contributed by atoms with Crippen molar-refractivity contribution in [2.24, 2.45) is 0 Å². The third-order valence-electron chi connectivity index (χ3n) is 4.59. The Balaban J connectivity index is 1.45. The van der Waals surface area contributed by atoms with Crippen LogP contribution in [-0.4, -0.2) is 33.4 Å². The molecule has 2 aromatic carbocycles. The number of hydrogen-bond acceptors (Lipinski definition) is 7. The number of nitrogens with zero attached hydrogens (tertiary/aromatic N) is 2. The zero-order valence-corrected chi connectivity index (χ0v) is 19.1. The van der Waals surface area contributed by atoms with Gasteiger partial charge in [-0.15, -0.1) is 0 Å². The van der Waals surface area contributed by atoms with Gasteiger partial charge in [0.25, 0.3) is 16.8 Å². The lowest BCUT2D eigenvalue weighted by Crippen LogP contribution is -2.36. The monoisotopic (exact) mass is 527 g/mol. The summed E-state index contributed by atoms with van der Waals surface area (Å²) in [6, 6.07) is 16.1.